The van der Waals surface area contributed by atoms with E-state index in [1.807, 2.05) is 18.2 Å². The largest absolute Gasteiger partial charge is 0.485 e. The molecular formula is C16H15BrClNO. The van der Waals surface area contributed by atoms with Gasteiger partial charge in [-0.3, -0.25) is 0 Å². The molecule has 0 aliphatic carbocycles. The van der Waals surface area contributed by atoms with Gasteiger partial charge >= 0.3 is 0 Å². The van der Waals surface area contributed by atoms with Crippen LogP contribution in [0.5, 0.6) is 5.75 Å². The van der Waals surface area contributed by atoms with Crippen molar-refractivity contribution in [2.45, 2.75) is 25.5 Å². The molecule has 1 heterocycles. The first-order valence-corrected chi connectivity index (χ1v) is 7.69. The zero-order chi connectivity index (χ0) is 14.3. The van der Waals surface area contributed by atoms with E-state index in [0.29, 0.717) is 5.02 Å². The molecule has 0 fully saturated rings. The molecule has 20 heavy (non-hydrogen) atoms. The van der Waals surface area contributed by atoms with Gasteiger partial charge in [0.1, 0.15) is 11.9 Å². The highest BCUT2D eigenvalue weighted by atomic mass is 79.9. The third-order valence-electron chi connectivity index (χ3n) is 3.66. The molecule has 2 N–H and O–H groups in total. The number of hydrogen-bond donors (Lipinski definition) is 1. The van der Waals surface area contributed by atoms with E-state index < -0.39 is 0 Å². The van der Waals surface area contributed by atoms with E-state index in [1.54, 1.807) is 0 Å². The van der Waals surface area contributed by atoms with Crippen molar-refractivity contribution in [3.05, 3.63) is 62.6 Å². The minimum absolute atomic E-state index is 0.00882. The first-order chi connectivity index (χ1) is 9.54. The third-order valence-corrected chi connectivity index (χ3v) is 4.79. The normalized spacial score (nSPS) is 21.2. The maximum absolute atomic E-state index is 6.26. The highest BCUT2D eigenvalue weighted by Crippen LogP contribution is 2.41. The van der Waals surface area contributed by atoms with E-state index in [4.69, 9.17) is 22.1 Å². The quantitative estimate of drug-likeness (QED) is 0.789. The Morgan fingerprint density at radius 3 is 2.80 bits per heavy atom. The van der Waals surface area contributed by atoms with Crippen LogP contribution in [0.15, 0.2) is 40.9 Å². The smallest absolute Gasteiger partial charge is 0.126 e. The number of halogens is 2. The van der Waals surface area contributed by atoms with Crippen LogP contribution in [0.2, 0.25) is 5.02 Å². The predicted molar refractivity (Wildman–Crippen MR) is 85.2 cm³/mol. The van der Waals surface area contributed by atoms with Crippen LogP contribution in [0.3, 0.4) is 0 Å². The summed E-state index contributed by atoms with van der Waals surface area (Å²) in [6.07, 6.45) is 0.750. The molecule has 1 aliphatic rings. The summed E-state index contributed by atoms with van der Waals surface area (Å²) in [7, 11) is 0. The molecule has 2 aromatic carbocycles. The van der Waals surface area contributed by atoms with Gasteiger partial charge in [-0.15, -0.1) is 0 Å². The summed E-state index contributed by atoms with van der Waals surface area (Å²) in [5.74, 6) is 0.832. The molecule has 0 spiro atoms. The van der Waals surface area contributed by atoms with Gasteiger partial charge in [-0.05, 0) is 42.3 Å². The second-order valence-corrected chi connectivity index (χ2v) is 6.43. The van der Waals surface area contributed by atoms with Crippen LogP contribution in [0.25, 0.3) is 0 Å². The van der Waals surface area contributed by atoms with E-state index in [9.17, 15) is 0 Å². The maximum atomic E-state index is 6.26. The van der Waals surface area contributed by atoms with E-state index >= 15 is 0 Å². The van der Waals surface area contributed by atoms with Crippen molar-refractivity contribution in [1.82, 2.24) is 0 Å². The fourth-order valence-electron chi connectivity index (χ4n) is 2.55. The van der Waals surface area contributed by atoms with Crippen molar-refractivity contribution in [3.63, 3.8) is 0 Å². The minimum Gasteiger partial charge on any atom is -0.485 e. The first-order valence-electron chi connectivity index (χ1n) is 6.52. The molecule has 0 radical (unpaired) electrons. The number of rotatable bonds is 1. The van der Waals surface area contributed by atoms with Crippen molar-refractivity contribution in [2.75, 3.05) is 0 Å². The van der Waals surface area contributed by atoms with Crippen molar-refractivity contribution in [3.8, 4) is 5.75 Å². The Balaban J connectivity index is 1.94. The van der Waals surface area contributed by atoms with Crippen molar-refractivity contribution in [2.24, 2.45) is 5.73 Å². The molecule has 0 amide bonds. The molecule has 4 heteroatoms. The van der Waals surface area contributed by atoms with Crippen molar-refractivity contribution < 1.29 is 4.74 Å². The molecule has 3 rings (SSSR count). The lowest BCUT2D eigenvalue weighted by Crippen LogP contribution is -2.24. The number of fused-ring (bicyclic) bond motifs is 1. The van der Waals surface area contributed by atoms with Gasteiger partial charge in [0.05, 0.1) is 0 Å². The van der Waals surface area contributed by atoms with Gasteiger partial charge < -0.3 is 10.5 Å². The number of hydrogen-bond acceptors (Lipinski definition) is 2. The van der Waals surface area contributed by atoms with Gasteiger partial charge in [0.25, 0.3) is 0 Å². The molecule has 1 aliphatic heterocycles. The molecule has 0 saturated heterocycles. The highest BCUT2D eigenvalue weighted by molar-refractivity contribution is 9.10. The van der Waals surface area contributed by atoms with Gasteiger partial charge in [0, 0.05) is 27.5 Å². The van der Waals surface area contributed by atoms with Gasteiger partial charge in [-0.2, -0.15) is 0 Å². The zero-order valence-electron chi connectivity index (χ0n) is 11.1. The molecule has 2 aromatic rings. The van der Waals surface area contributed by atoms with Gasteiger partial charge in [0.15, 0.2) is 0 Å². The zero-order valence-corrected chi connectivity index (χ0v) is 13.4. The molecule has 0 bridgehead atoms. The van der Waals surface area contributed by atoms with Crippen molar-refractivity contribution >= 4 is 27.5 Å². The summed E-state index contributed by atoms with van der Waals surface area (Å²) < 4.78 is 7.19. The van der Waals surface area contributed by atoms with Gasteiger partial charge in [-0.1, -0.05) is 39.7 Å². The van der Waals surface area contributed by atoms with E-state index in [1.165, 1.54) is 5.56 Å². The molecule has 2 nitrogen and oxygen atoms in total. The number of benzene rings is 2. The van der Waals surface area contributed by atoms with E-state index in [0.717, 1.165) is 27.8 Å². The fraction of sp³-hybridized carbons (Fsp3) is 0.250. The van der Waals surface area contributed by atoms with E-state index in [2.05, 4.69) is 41.1 Å². The summed E-state index contributed by atoms with van der Waals surface area (Å²) in [5, 5.41) is 0.695. The summed E-state index contributed by atoms with van der Waals surface area (Å²) in [5.41, 5.74) is 9.60. The SMILES string of the molecule is Cc1cc(C2C[C@H](N)c3cc(Cl)ccc3O2)ccc1Br. The standard InChI is InChI=1S/C16H15BrClNO/c1-9-6-10(2-4-13(9)17)16-8-14(19)12-7-11(18)3-5-15(12)20-16/h2-7,14,16H,8,19H2,1H3/t14-,16?/m0/s1. The van der Waals surface area contributed by atoms with Crippen molar-refractivity contribution in [1.29, 1.82) is 0 Å². The maximum Gasteiger partial charge on any atom is 0.126 e. The average Bonchev–Trinajstić information content (AvgIpc) is 2.42. The Morgan fingerprint density at radius 1 is 1.25 bits per heavy atom. The highest BCUT2D eigenvalue weighted by Gasteiger charge is 2.27. The predicted octanol–water partition coefficient (Wildman–Crippen LogP) is 4.93. The molecule has 104 valence electrons. The second kappa shape index (κ2) is 5.40. The number of ether oxygens (including phenoxy) is 1. The van der Waals surface area contributed by atoms with E-state index in [-0.39, 0.29) is 12.1 Å². The Morgan fingerprint density at radius 2 is 2.05 bits per heavy atom. The first kappa shape index (κ1) is 13.9. The Kier molecular flexibility index (Phi) is 3.76. The van der Waals surface area contributed by atoms with Crippen LogP contribution < -0.4 is 10.5 Å². The number of aryl methyl sites for hydroxylation is 1. The average molecular weight is 353 g/mol. The molecular weight excluding hydrogens is 338 g/mol. The Labute approximate surface area is 132 Å². The topological polar surface area (TPSA) is 35.2 Å². The van der Waals surface area contributed by atoms with Crippen LogP contribution in [-0.2, 0) is 0 Å². The van der Waals surface area contributed by atoms with Crippen LogP contribution in [0.4, 0.5) is 0 Å². The Hall–Kier alpha value is -1.03. The van der Waals surface area contributed by atoms with Gasteiger partial charge in [-0.25, -0.2) is 0 Å². The summed E-state index contributed by atoms with van der Waals surface area (Å²) >= 11 is 9.54. The monoisotopic (exact) mass is 351 g/mol. The molecule has 1 unspecified atom stereocenters. The molecule has 0 aromatic heterocycles. The van der Waals surface area contributed by atoms with Gasteiger partial charge in [0.2, 0.25) is 0 Å². The Bertz CT molecular complexity index is 659. The van der Waals surface area contributed by atoms with Crippen LogP contribution in [0.1, 0.15) is 35.3 Å². The van der Waals surface area contributed by atoms with Crippen LogP contribution >= 0.6 is 27.5 Å². The number of nitrogens with two attached hydrogens (primary N) is 1. The van der Waals surface area contributed by atoms with Crippen LogP contribution in [-0.4, -0.2) is 0 Å². The summed E-state index contributed by atoms with van der Waals surface area (Å²) in [6, 6.07) is 11.9. The molecule has 2 atom stereocenters. The third kappa shape index (κ3) is 2.58. The van der Waals surface area contributed by atoms with Crippen LogP contribution in [0, 0.1) is 6.92 Å². The lowest BCUT2D eigenvalue weighted by Gasteiger charge is -2.31. The summed E-state index contributed by atoms with van der Waals surface area (Å²) in [4.78, 5) is 0. The summed E-state index contributed by atoms with van der Waals surface area (Å²) in [6.45, 7) is 2.07. The molecule has 0 saturated carbocycles. The fourth-order valence-corrected chi connectivity index (χ4v) is 2.97. The second-order valence-electron chi connectivity index (χ2n) is 5.14. The minimum atomic E-state index is -0.0496. The lowest BCUT2D eigenvalue weighted by molar-refractivity contribution is 0.161. The lowest BCUT2D eigenvalue weighted by atomic mass is 9.93.